The summed E-state index contributed by atoms with van der Waals surface area (Å²) in [6.45, 7) is 10.9. The number of ether oxygens (including phenoxy) is 2. The molecule has 256 valence electrons. The summed E-state index contributed by atoms with van der Waals surface area (Å²) in [6.07, 6.45) is 3.56. The van der Waals surface area contributed by atoms with Gasteiger partial charge < -0.3 is 20.1 Å². The molecule has 4 rings (SSSR count). The van der Waals surface area contributed by atoms with Gasteiger partial charge in [0.2, 0.25) is 11.8 Å². The second-order valence-corrected chi connectivity index (χ2v) is 14.6. The summed E-state index contributed by atoms with van der Waals surface area (Å²) in [5.74, 6) is -0.675. The predicted molar refractivity (Wildman–Crippen MR) is 182 cm³/mol. The van der Waals surface area contributed by atoms with Crippen LogP contribution in [0.5, 0.6) is 0 Å². The summed E-state index contributed by atoms with van der Waals surface area (Å²) in [5.41, 5.74) is 2.34. The number of carbonyl (C=O) groups is 4. The van der Waals surface area contributed by atoms with E-state index in [1.54, 1.807) is 11.8 Å². The third-order valence-electron chi connectivity index (χ3n) is 7.66. The number of esters is 1. The molecular formula is C34H46ClN5O6S. The van der Waals surface area contributed by atoms with E-state index in [4.69, 9.17) is 26.1 Å². The fraction of sp³-hybridized carbons (Fsp3) is 0.559. The average molecular weight is 688 g/mol. The molecule has 0 radical (unpaired) electrons. The molecule has 13 heteroatoms. The number of halogens is 1. The maximum absolute atomic E-state index is 12.9. The van der Waals surface area contributed by atoms with Crippen molar-refractivity contribution in [1.29, 1.82) is 0 Å². The van der Waals surface area contributed by atoms with E-state index >= 15 is 0 Å². The molecule has 0 spiro atoms. The van der Waals surface area contributed by atoms with Gasteiger partial charge in [-0.2, -0.15) is 0 Å². The average Bonchev–Trinajstić information content (AvgIpc) is 2.97. The molecular weight excluding hydrogens is 642 g/mol. The Hall–Kier alpha value is -3.35. The number of pyridine rings is 1. The van der Waals surface area contributed by atoms with Crippen LogP contribution >= 0.6 is 23.5 Å². The van der Waals surface area contributed by atoms with Gasteiger partial charge in [0.15, 0.2) is 0 Å². The van der Waals surface area contributed by atoms with Crippen molar-refractivity contribution in [2.75, 3.05) is 37.7 Å². The fourth-order valence-corrected chi connectivity index (χ4v) is 6.90. The van der Waals surface area contributed by atoms with E-state index in [2.05, 4.69) is 14.9 Å². The predicted octanol–water partition coefficient (Wildman–Crippen LogP) is 5.25. The molecule has 3 heterocycles. The molecule has 2 aliphatic rings. The number of amides is 3. The maximum atomic E-state index is 12.9. The quantitative estimate of drug-likeness (QED) is 0.165. The van der Waals surface area contributed by atoms with Crippen LogP contribution in [0, 0.1) is 12.8 Å². The Morgan fingerprint density at radius 2 is 1.89 bits per heavy atom. The molecule has 1 aromatic heterocycles. The topological polar surface area (TPSA) is 130 Å². The zero-order valence-electron chi connectivity index (χ0n) is 27.9. The number of aryl methyl sites for hydroxylation is 3. The minimum Gasteiger partial charge on any atom is -0.464 e. The van der Waals surface area contributed by atoms with Crippen LogP contribution in [-0.4, -0.2) is 77.6 Å². The van der Waals surface area contributed by atoms with Gasteiger partial charge in [-0.1, -0.05) is 17.7 Å². The number of hydrogen-bond acceptors (Lipinski definition) is 9. The normalized spacial score (nSPS) is 15.7. The summed E-state index contributed by atoms with van der Waals surface area (Å²) in [4.78, 5) is 58.3. The molecule has 0 aliphatic carbocycles. The minimum absolute atomic E-state index is 0.0523. The van der Waals surface area contributed by atoms with Crippen LogP contribution in [0.4, 0.5) is 10.6 Å². The molecule has 2 N–H and O–H groups in total. The van der Waals surface area contributed by atoms with Crippen LogP contribution in [0.2, 0.25) is 5.02 Å². The van der Waals surface area contributed by atoms with Crippen molar-refractivity contribution in [3.8, 4) is 0 Å². The first-order valence-corrected chi connectivity index (χ1v) is 17.4. The smallest absolute Gasteiger partial charge is 0.416 e. The van der Waals surface area contributed by atoms with E-state index in [-0.39, 0.29) is 37.3 Å². The third kappa shape index (κ3) is 11.1. The van der Waals surface area contributed by atoms with Crippen molar-refractivity contribution in [3.63, 3.8) is 0 Å². The number of aromatic nitrogens is 1. The highest BCUT2D eigenvalue weighted by molar-refractivity contribution is 7.97. The largest absolute Gasteiger partial charge is 0.464 e. The van der Waals surface area contributed by atoms with E-state index in [9.17, 15) is 19.2 Å². The first-order valence-electron chi connectivity index (χ1n) is 16.2. The van der Waals surface area contributed by atoms with Gasteiger partial charge in [0.05, 0.1) is 12.5 Å². The zero-order valence-corrected chi connectivity index (χ0v) is 29.5. The van der Waals surface area contributed by atoms with Gasteiger partial charge >= 0.3 is 12.1 Å². The third-order valence-corrected chi connectivity index (χ3v) is 8.88. The van der Waals surface area contributed by atoms with Crippen molar-refractivity contribution in [3.05, 3.63) is 52.2 Å². The number of hydrogen-bond donors (Lipinski definition) is 2. The van der Waals surface area contributed by atoms with Gasteiger partial charge in [-0.25, -0.2) is 18.9 Å². The Labute approximate surface area is 286 Å². The molecule has 1 fully saturated rings. The molecule has 1 saturated heterocycles. The lowest BCUT2D eigenvalue weighted by molar-refractivity contribution is -0.148. The second-order valence-electron chi connectivity index (χ2n) is 12.9. The van der Waals surface area contributed by atoms with Gasteiger partial charge in [-0.3, -0.25) is 14.5 Å². The molecule has 47 heavy (non-hydrogen) atoms. The van der Waals surface area contributed by atoms with Gasteiger partial charge in [0.25, 0.3) is 0 Å². The number of unbranched alkanes of at least 4 members (excludes halogenated alkanes) is 1. The monoisotopic (exact) mass is 687 g/mol. The molecule has 3 amide bonds. The standard InChI is InChI=1S/C34H46ClN5O6S/c1-6-45-32(43)28(38-31(42)24-20-39(21-24)47-27-17-22(2)16-25(35)18-27)19-36-29(41)12-8-7-11-26-14-13-23-10-9-15-40(30(23)37-26)33(44)46-34(3,4)5/h13-14,16-18,24,28H,6-12,15,19-21H2,1-5H3,(H,36,41)(H,38,42). The molecule has 1 unspecified atom stereocenters. The molecule has 2 aromatic rings. The second kappa shape index (κ2) is 16.7. The first-order chi connectivity index (χ1) is 22.3. The van der Waals surface area contributed by atoms with Gasteiger partial charge in [-0.05, 0) is 114 Å². The highest BCUT2D eigenvalue weighted by atomic mass is 35.5. The Balaban J connectivity index is 1.20. The Kier molecular flexibility index (Phi) is 12.9. The number of nitrogens with one attached hydrogen (secondary N) is 2. The lowest BCUT2D eigenvalue weighted by Crippen LogP contribution is -2.56. The molecule has 2 aliphatic heterocycles. The number of rotatable bonds is 13. The SMILES string of the molecule is CCOC(=O)C(CNC(=O)CCCCc1ccc2c(n1)N(C(=O)OC(C)(C)C)CCC2)NC(=O)C1CN(Sc2cc(C)cc(Cl)c2)C1. The number of nitrogens with zero attached hydrogens (tertiary/aromatic N) is 3. The lowest BCUT2D eigenvalue weighted by atomic mass is 10.0. The number of benzene rings is 1. The van der Waals surface area contributed by atoms with Crippen LogP contribution < -0.4 is 15.5 Å². The van der Waals surface area contributed by atoms with Gasteiger partial charge in [0, 0.05) is 48.2 Å². The van der Waals surface area contributed by atoms with Gasteiger partial charge in [0.1, 0.15) is 17.5 Å². The highest BCUT2D eigenvalue weighted by Crippen LogP contribution is 2.33. The fourth-order valence-electron chi connectivity index (χ4n) is 5.32. The van der Waals surface area contributed by atoms with Crippen LogP contribution in [0.3, 0.4) is 0 Å². The van der Waals surface area contributed by atoms with Crippen molar-refractivity contribution >= 4 is 53.2 Å². The number of anilines is 1. The van der Waals surface area contributed by atoms with Crippen molar-refractivity contribution in [1.82, 2.24) is 19.9 Å². The van der Waals surface area contributed by atoms with Crippen molar-refractivity contribution < 1.29 is 28.7 Å². The highest BCUT2D eigenvalue weighted by Gasteiger charge is 2.36. The van der Waals surface area contributed by atoms with Crippen LogP contribution in [0.15, 0.2) is 35.2 Å². The molecule has 1 aromatic carbocycles. The molecule has 11 nitrogen and oxygen atoms in total. The van der Waals surface area contributed by atoms with E-state index in [1.807, 2.05) is 58.0 Å². The summed E-state index contributed by atoms with van der Waals surface area (Å²) in [7, 11) is 0. The van der Waals surface area contributed by atoms with E-state index < -0.39 is 23.7 Å². The summed E-state index contributed by atoms with van der Waals surface area (Å²) in [6, 6.07) is 8.83. The Bertz CT molecular complexity index is 1420. The molecule has 0 saturated carbocycles. The molecule has 1 atom stereocenters. The first kappa shape index (κ1) is 36.5. The Morgan fingerprint density at radius 1 is 1.13 bits per heavy atom. The van der Waals surface area contributed by atoms with Crippen LogP contribution in [0.1, 0.15) is 70.2 Å². The summed E-state index contributed by atoms with van der Waals surface area (Å²) >= 11 is 7.70. The van der Waals surface area contributed by atoms with Crippen molar-refractivity contribution in [2.45, 2.75) is 89.7 Å². The Morgan fingerprint density at radius 3 is 2.60 bits per heavy atom. The zero-order chi connectivity index (χ0) is 34.1. The lowest BCUT2D eigenvalue weighted by Gasteiger charge is -2.37. The van der Waals surface area contributed by atoms with Crippen molar-refractivity contribution in [2.24, 2.45) is 5.92 Å². The van der Waals surface area contributed by atoms with E-state index in [0.717, 1.165) is 34.6 Å². The number of fused-ring (bicyclic) bond motifs is 1. The summed E-state index contributed by atoms with van der Waals surface area (Å²) < 4.78 is 12.8. The van der Waals surface area contributed by atoms with Crippen LogP contribution in [0.25, 0.3) is 0 Å². The van der Waals surface area contributed by atoms with E-state index in [0.29, 0.717) is 49.7 Å². The summed E-state index contributed by atoms with van der Waals surface area (Å²) in [5, 5.41) is 6.21. The van der Waals surface area contributed by atoms with Gasteiger partial charge in [-0.15, -0.1) is 0 Å². The van der Waals surface area contributed by atoms with E-state index in [1.165, 1.54) is 11.9 Å². The maximum Gasteiger partial charge on any atom is 0.416 e. The molecule has 0 bridgehead atoms. The van der Waals surface area contributed by atoms with Crippen LogP contribution in [-0.2, 0) is 36.7 Å². The minimum atomic E-state index is -0.976. The number of carbonyl (C=O) groups excluding carboxylic acids is 4.